The van der Waals surface area contributed by atoms with Crippen molar-refractivity contribution in [2.45, 2.75) is 25.9 Å². The number of aromatic nitrogens is 1. The highest BCUT2D eigenvalue weighted by molar-refractivity contribution is 6.06. The molecule has 0 spiro atoms. The Morgan fingerprint density at radius 1 is 1.19 bits per heavy atom. The zero-order valence-corrected chi connectivity index (χ0v) is 15.4. The van der Waals surface area contributed by atoms with Crippen LogP contribution in [0.2, 0.25) is 0 Å². The fraction of sp³-hybridized carbons (Fsp3) is 0.316. The fourth-order valence-corrected chi connectivity index (χ4v) is 2.33. The van der Waals surface area contributed by atoms with Crippen LogP contribution in [-0.2, 0) is 0 Å². The zero-order valence-electron chi connectivity index (χ0n) is 15.4. The molecule has 2 atom stereocenters. The lowest BCUT2D eigenvalue weighted by atomic mass is 10.0. The third-order valence-electron chi connectivity index (χ3n) is 4.20. The molecule has 138 valence electrons. The summed E-state index contributed by atoms with van der Waals surface area (Å²) in [6, 6.07) is 12.3. The number of carbonyl (C=O) groups excluding carboxylic acids is 1. The Labute approximate surface area is 154 Å². The van der Waals surface area contributed by atoms with Crippen LogP contribution in [0, 0.1) is 5.41 Å². The van der Waals surface area contributed by atoms with Gasteiger partial charge < -0.3 is 16.5 Å². The second kappa shape index (κ2) is 9.19. The van der Waals surface area contributed by atoms with E-state index < -0.39 is 0 Å². The van der Waals surface area contributed by atoms with Gasteiger partial charge in [-0.2, -0.15) is 0 Å². The summed E-state index contributed by atoms with van der Waals surface area (Å²) in [5.41, 5.74) is 10.6. The molecule has 5 N–H and O–H groups in total. The van der Waals surface area contributed by atoms with Crippen molar-refractivity contribution >= 4 is 17.4 Å². The van der Waals surface area contributed by atoms with Gasteiger partial charge >= 0.3 is 0 Å². The van der Waals surface area contributed by atoms with Gasteiger partial charge in [0.25, 0.3) is 5.91 Å². The molecule has 26 heavy (non-hydrogen) atoms. The monoisotopic (exact) mass is 354 g/mol. The molecule has 1 aromatic carbocycles. The molecule has 2 aromatic rings. The van der Waals surface area contributed by atoms with Crippen molar-refractivity contribution in [3.8, 4) is 0 Å². The van der Waals surface area contributed by atoms with Gasteiger partial charge in [0.05, 0.1) is 11.8 Å². The number of hydrogen-bond donors (Lipinski definition) is 4. The van der Waals surface area contributed by atoms with Gasteiger partial charge in [-0.3, -0.25) is 4.79 Å². The number of carbonyl (C=O) groups is 1. The summed E-state index contributed by atoms with van der Waals surface area (Å²) in [4.78, 5) is 16.3. The summed E-state index contributed by atoms with van der Waals surface area (Å²) < 4.78 is 0. The maximum absolute atomic E-state index is 12.2. The molecule has 7 nitrogen and oxygen atoms in total. The number of nitrogens with zero attached hydrogens (tertiary/aromatic N) is 2. The highest BCUT2D eigenvalue weighted by atomic mass is 16.1. The summed E-state index contributed by atoms with van der Waals surface area (Å²) in [7, 11) is 1.91. The number of rotatable bonds is 8. The van der Waals surface area contributed by atoms with Gasteiger partial charge in [0, 0.05) is 31.4 Å². The van der Waals surface area contributed by atoms with Crippen molar-refractivity contribution in [1.29, 1.82) is 5.41 Å². The van der Waals surface area contributed by atoms with Gasteiger partial charge in [0.1, 0.15) is 5.82 Å². The van der Waals surface area contributed by atoms with E-state index in [1.54, 1.807) is 42.6 Å². The standard InChI is InChI=1S/C19H26N6O/c1-13(12-20)25(3)24-14(2)18(21)15-7-9-16(10-8-15)19(26)23-17-6-4-5-11-22-17/h4-11,13-14,21,24H,12,20H2,1-3H3,(H,22,23,26). The summed E-state index contributed by atoms with van der Waals surface area (Å²) >= 11 is 0. The molecule has 0 fully saturated rings. The quantitative estimate of drug-likeness (QED) is 0.428. The molecule has 1 amide bonds. The number of anilines is 1. The number of likely N-dealkylation sites (N-methyl/N-ethyl adjacent to an activating group) is 1. The molecule has 0 bridgehead atoms. The van der Waals surface area contributed by atoms with Crippen LogP contribution in [0.4, 0.5) is 5.82 Å². The molecule has 2 unspecified atom stereocenters. The predicted octanol–water partition coefficient (Wildman–Crippen LogP) is 1.87. The van der Waals surface area contributed by atoms with Gasteiger partial charge in [-0.05, 0) is 43.7 Å². The highest BCUT2D eigenvalue weighted by Gasteiger charge is 2.16. The number of nitrogens with one attached hydrogen (secondary N) is 3. The summed E-state index contributed by atoms with van der Waals surface area (Å²) in [6.45, 7) is 4.46. The second-order valence-electron chi connectivity index (χ2n) is 6.21. The van der Waals surface area contributed by atoms with Gasteiger partial charge in [-0.25, -0.2) is 15.4 Å². The lowest BCUT2D eigenvalue weighted by Crippen LogP contribution is -2.50. The Bertz CT molecular complexity index is 731. The Balaban J connectivity index is 1.99. The summed E-state index contributed by atoms with van der Waals surface area (Å²) in [5.74, 6) is 0.272. The van der Waals surface area contributed by atoms with Crippen molar-refractivity contribution in [1.82, 2.24) is 15.4 Å². The number of amides is 1. The lowest BCUT2D eigenvalue weighted by Gasteiger charge is -2.28. The van der Waals surface area contributed by atoms with Crippen LogP contribution in [0.5, 0.6) is 0 Å². The Morgan fingerprint density at radius 3 is 2.42 bits per heavy atom. The summed E-state index contributed by atoms with van der Waals surface area (Å²) in [6.07, 6.45) is 1.62. The SMILES string of the molecule is CC(NN(C)C(C)CN)C(=N)c1ccc(C(=O)Nc2ccccn2)cc1. The Kier molecular flexibility index (Phi) is 6.97. The molecule has 0 saturated heterocycles. The smallest absolute Gasteiger partial charge is 0.256 e. The Morgan fingerprint density at radius 2 is 1.85 bits per heavy atom. The average Bonchev–Trinajstić information content (AvgIpc) is 2.67. The van der Waals surface area contributed by atoms with Crippen LogP contribution < -0.4 is 16.5 Å². The predicted molar refractivity (Wildman–Crippen MR) is 104 cm³/mol. The van der Waals surface area contributed by atoms with Gasteiger partial charge in [0.2, 0.25) is 0 Å². The van der Waals surface area contributed by atoms with Crippen LogP contribution in [-0.4, -0.2) is 47.3 Å². The minimum absolute atomic E-state index is 0.169. The molecule has 0 aliphatic carbocycles. The molecular weight excluding hydrogens is 328 g/mol. The average molecular weight is 354 g/mol. The maximum atomic E-state index is 12.2. The van der Waals surface area contributed by atoms with E-state index in [2.05, 4.69) is 15.7 Å². The molecule has 1 aromatic heterocycles. The van der Waals surface area contributed by atoms with E-state index in [0.717, 1.165) is 5.56 Å². The normalized spacial score (nSPS) is 13.3. The number of hydrogen-bond acceptors (Lipinski definition) is 6. The van der Waals surface area contributed by atoms with Crippen LogP contribution >= 0.6 is 0 Å². The number of benzene rings is 1. The van der Waals surface area contributed by atoms with Crippen molar-refractivity contribution < 1.29 is 4.79 Å². The molecule has 0 aliphatic heterocycles. The minimum atomic E-state index is -0.232. The van der Waals surface area contributed by atoms with Gasteiger partial charge in [0.15, 0.2) is 0 Å². The first-order chi connectivity index (χ1) is 12.4. The lowest BCUT2D eigenvalue weighted by molar-refractivity contribution is 0.102. The molecule has 2 rings (SSSR count). The first kappa shape index (κ1) is 19.7. The van der Waals surface area contributed by atoms with Crippen LogP contribution in [0.1, 0.15) is 29.8 Å². The van der Waals surface area contributed by atoms with Crippen LogP contribution in [0.25, 0.3) is 0 Å². The third-order valence-corrected chi connectivity index (χ3v) is 4.20. The van der Waals surface area contributed by atoms with Gasteiger partial charge in [-0.15, -0.1) is 0 Å². The van der Waals surface area contributed by atoms with E-state index in [1.165, 1.54) is 0 Å². The number of pyridine rings is 1. The van der Waals surface area contributed by atoms with E-state index in [1.807, 2.05) is 32.0 Å². The zero-order chi connectivity index (χ0) is 19.1. The van der Waals surface area contributed by atoms with E-state index in [4.69, 9.17) is 11.1 Å². The van der Waals surface area contributed by atoms with Crippen molar-refractivity contribution in [3.05, 3.63) is 59.8 Å². The number of nitrogens with two attached hydrogens (primary N) is 1. The molecule has 0 aliphatic rings. The van der Waals surface area contributed by atoms with E-state index in [9.17, 15) is 4.79 Å². The molecule has 7 heteroatoms. The van der Waals surface area contributed by atoms with E-state index in [0.29, 0.717) is 23.6 Å². The maximum Gasteiger partial charge on any atom is 0.256 e. The van der Waals surface area contributed by atoms with Crippen molar-refractivity contribution in [2.75, 3.05) is 18.9 Å². The molecule has 0 saturated carbocycles. The summed E-state index contributed by atoms with van der Waals surface area (Å²) in [5, 5.41) is 13.0. The van der Waals surface area contributed by atoms with Crippen molar-refractivity contribution in [2.24, 2.45) is 5.73 Å². The number of hydrazine groups is 1. The van der Waals surface area contributed by atoms with Gasteiger partial charge in [-0.1, -0.05) is 18.2 Å². The largest absolute Gasteiger partial charge is 0.329 e. The fourth-order valence-electron chi connectivity index (χ4n) is 2.33. The topological polar surface area (TPSA) is 107 Å². The molecular formula is C19H26N6O. The van der Waals surface area contributed by atoms with Crippen LogP contribution in [0.3, 0.4) is 0 Å². The first-order valence-corrected chi connectivity index (χ1v) is 8.52. The molecule has 0 radical (unpaired) electrons. The first-order valence-electron chi connectivity index (χ1n) is 8.52. The minimum Gasteiger partial charge on any atom is -0.329 e. The van der Waals surface area contributed by atoms with Crippen molar-refractivity contribution in [3.63, 3.8) is 0 Å². The Hall–Kier alpha value is -2.61. The molecule has 1 heterocycles. The highest BCUT2D eigenvalue weighted by Crippen LogP contribution is 2.10. The van der Waals surface area contributed by atoms with Crippen LogP contribution in [0.15, 0.2) is 48.7 Å². The van der Waals surface area contributed by atoms with E-state index >= 15 is 0 Å². The second-order valence-corrected chi connectivity index (χ2v) is 6.21. The third kappa shape index (κ3) is 5.19. The van der Waals surface area contributed by atoms with E-state index in [-0.39, 0.29) is 18.0 Å².